The van der Waals surface area contributed by atoms with Gasteiger partial charge in [0, 0.05) is 53.4 Å². The van der Waals surface area contributed by atoms with Crippen LogP contribution in [-0.4, -0.2) is 112 Å². The van der Waals surface area contributed by atoms with Crippen LogP contribution in [0, 0.1) is 13.8 Å². The molecule has 1 fully saturated rings. The lowest BCUT2D eigenvalue weighted by atomic mass is 9.80. The zero-order valence-corrected chi connectivity index (χ0v) is 47.0. The van der Waals surface area contributed by atoms with E-state index in [0.717, 1.165) is 52.1 Å². The number of fused-ring (bicyclic) bond motifs is 2. The Morgan fingerprint density at radius 2 is 1.38 bits per heavy atom. The summed E-state index contributed by atoms with van der Waals surface area (Å²) in [6, 6.07) is 12.2. The molecule has 1 aliphatic carbocycles. The van der Waals surface area contributed by atoms with E-state index in [4.69, 9.17) is 28.6 Å². The van der Waals surface area contributed by atoms with E-state index < -0.39 is 48.8 Å². The van der Waals surface area contributed by atoms with E-state index in [2.05, 4.69) is 33.9 Å². The van der Waals surface area contributed by atoms with E-state index in [1.807, 2.05) is 58.2 Å². The summed E-state index contributed by atoms with van der Waals surface area (Å²) in [6.07, 6.45) is 11.0. The monoisotopic (exact) mass is 1140 g/mol. The van der Waals surface area contributed by atoms with Gasteiger partial charge in [0.15, 0.2) is 5.71 Å². The summed E-state index contributed by atoms with van der Waals surface area (Å²) >= 11 is 0.831. The summed E-state index contributed by atoms with van der Waals surface area (Å²) < 4.78 is 99.3. The normalized spacial score (nSPS) is 18.3. The minimum atomic E-state index is -4.58. The van der Waals surface area contributed by atoms with E-state index in [-0.39, 0.29) is 55.5 Å². The lowest BCUT2D eigenvalue weighted by Gasteiger charge is -2.27. The summed E-state index contributed by atoms with van der Waals surface area (Å²) in [5, 5.41) is 16.4. The molecule has 78 heavy (non-hydrogen) atoms. The lowest BCUT2D eigenvalue weighted by Crippen LogP contribution is -2.31. The molecule has 0 saturated carbocycles. The van der Waals surface area contributed by atoms with Crippen molar-refractivity contribution in [3.63, 3.8) is 0 Å². The number of hydrogen-bond donors (Lipinski definition) is 2. The van der Waals surface area contributed by atoms with Gasteiger partial charge in [-0.1, -0.05) is 19.9 Å². The first-order valence-electron chi connectivity index (χ1n) is 25.3. The summed E-state index contributed by atoms with van der Waals surface area (Å²) in [5.74, 6) is -0.853. The first-order valence-corrected chi connectivity index (χ1v) is 28.9. The number of carbonyl (C=O) groups excluding carboxylic acids is 3. The summed E-state index contributed by atoms with van der Waals surface area (Å²) in [5.41, 5.74) is 6.64. The van der Waals surface area contributed by atoms with Crippen LogP contribution in [0.3, 0.4) is 0 Å². The van der Waals surface area contributed by atoms with Gasteiger partial charge >= 0.3 is 5.97 Å². The smallest absolute Gasteiger partial charge is 0.333 e. The molecule has 2 amide bonds. The van der Waals surface area contributed by atoms with Crippen LogP contribution in [0.1, 0.15) is 101 Å². The number of anilines is 1. The first kappa shape index (κ1) is 60.0. The summed E-state index contributed by atoms with van der Waals surface area (Å²) in [6.45, 7) is 13.6. The van der Waals surface area contributed by atoms with E-state index in [9.17, 15) is 45.6 Å². The summed E-state index contributed by atoms with van der Waals surface area (Å²) in [4.78, 5) is 46.7. The fourth-order valence-corrected chi connectivity index (χ4v) is 11.4. The molecule has 0 spiro atoms. The Hall–Kier alpha value is -5.61. The van der Waals surface area contributed by atoms with Crippen LogP contribution in [0.5, 0.6) is 5.75 Å². The van der Waals surface area contributed by atoms with Crippen molar-refractivity contribution in [2.24, 2.45) is 0 Å². The molecule has 3 aromatic rings. The number of rotatable bonds is 26. The number of imide groups is 1. The first-order chi connectivity index (χ1) is 36.9. The van der Waals surface area contributed by atoms with Crippen molar-refractivity contribution in [2.45, 2.75) is 118 Å². The highest BCUT2D eigenvalue weighted by Crippen LogP contribution is 2.51. The fraction of sp³-hybridized carbons (Fsp3) is 0.444. The third-order valence-corrected chi connectivity index (χ3v) is 16.0. The maximum atomic E-state index is 12.5. The van der Waals surface area contributed by atoms with Crippen molar-refractivity contribution in [1.29, 1.82) is 0 Å². The number of amides is 2. The number of benzene rings is 3. The van der Waals surface area contributed by atoms with Crippen LogP contribution in [0.25, 0.3) is 0 Å². The van der Waals surface area contributed by atoms with Crippen LogP contribution in [0.4, 0.5) is 11.4 Å². The van der Waals surface area contributed by atoms with Gasteiger partial charge in [-0.05, 0) is 143 Å². The van der Waals surface area contributed by atoms with Crippen molar-refractivity contribution in [3.8, 4) is 5.75 Å². The molecular weight excluding hydrogens is 1070 g/mol. The number of allylic oxidation sites excluding steroid dienone is 7. The maximum Gasteiger partial charge on any atom is 0.333 e. The van der Waals surface area contributed by atoms with Crippen LogP contribution < -0.4 is 15.1 Å². The van der Waals surface area contributed by atoms with Gasteiger partial charge in [0.25, 0.3) is 32.1 Å². The zero-order chi connectivity index (χ0) is 56.6. The molecule has 3 aromatic carbocycles. The number of ether oxygens (including phenoxy) is 4. The molecule has 0 radical (unpaired) electrons. The molecule has 2 N–H and O–H groups in total. The zero-order valence-electron chi connectivity index (χ0n) is 44.5. The van der Waals surface area contributed by atoms with E-state index in [0.29, 0.717) is 89.5 Å². The number of aryl methyl sites for hydroxylation is 2. The van der Waals surface area contributed by atoms with Gasteiger partial charge in [0.1, 0.15) is 18.6 Å². The SMILES string of the molecule is Cc1cc(S(=O)(=O)O)cc2c1N(OCCOCCOCCOCCCCC(=O)ON1C(=O)CCC1=O)/C(=C/C=C1\CCCC(/C=C/C3=[N+](C)c4c(C)cc(SOO[O-])cc4C3(C)C)=C1Oc1ccc(S(=O)(=O)O)cc1)C2(C)C. The van der Waals surface area contributed by atoms with Crippen LogP contribution in [0.2, 0.25) is 0 Å². The molecule has 3 heterocycles. The Morgan fingerprint density at radius 1 is 0.744 bits per heavy atom. The average Bonchev–Trinajstić information content (AvgIpc) is 4.05. The van der Waals surface area contributed by atoms with Crippen molar-refractivity contribution >= 4 is 67.1 Å². The summed E-state index contributed by atoms with van der Waals surface area (Å²) in [7, 11) is -7.06. The highest BCUT2D eigenvalue weighted by molar-refractivity contribution is 7.94. The average molecular weight is 1140 g/mol. The second-order valence-electron chi connectivity index (χ2n) is 20.0. The Bertz CT molecular complexity index is 3150. The molecule has 3 aliphatic heterocycles. The molecule has 0 unspecified atom stereocenters. The van der Waals surface area contributed by atoms with Gasteiger partial charge in [-0.2, -0.15) is 25.7 Å². The molecule has 0 atom stereocenters. The van der Waals surface area contributed by atoms with Gasteiger partial charge in [-0.15, -0.1) is 5.06 Å². The molecule has 21 nitrogen and oxygen atoms in total. The molecule has 7 rings (SSSR count). The Balaban J connectivity index is 1.06. The van der Waals surface area contributed by atoms with Crippen molar-refractivity contribution in [3.05, 3.63) is 118 Å². The molecule has 4 aliphatic rings. The molecule has 24 heteroatoms. The van der Waals surface area contributed by atoms with Crippen LogP contribution >= 0.6 is 12.0 Å². The second kappa shape index (κ2) is 25.7. The van der Waals surface area contributed by atoms with E-state index in [1.54, 1.807) is 12.0 Å². The Morgan fingerprint density at radius 3 is 2.03 bits per heavy atom. The van der Waals surface area contributed by atoms with Crippen molar-refractivity contribution in [2.75, 3.05) is 58.4 Å². The maximum absolute atomic E-state index is 12.5. The number of unbranched alkanes of at least 4 members (excludes halogenated alkanes) is 1. The predicted molar refractivity (Wildman–Crippen MR) is 282 cm³/mol. The minimum Gasteiger partial charge on any atom is -0.691 e. The highest BCUT2D eigenvalue weighted by Gasteiger charge is 2.45. The van der Waals surface area contributed by atoms with Gasteiger partial charge in [0.2, 0.25) is 5.69 Å². The van der Waals surface area contributed by atoms with Crippen LogP contribution in [0.15, 0.2) is 110 Å². The minimum absolute atomic E-state index is 0.0345. The molecule has 0 bridgehead atoms. The second-order valence-corrected chi connectivity index (χ2v) is 23.6. The Kier molecular flexibility index (Phi) is 19.8. The predicted octanol–water partition coefficient (Wildman–Crippen LogP) is 7.47. The standard InChI is InChI=1S/C54H65N3O18S3/c1-35-31-40(76-75-74-61)33-43-50(35)55(7)45(53(43,3)4)20-14-37-11-10-12-38(52(37)72-39-16-18-41(19-17-39)77(62,63)64)15-21-46-54(5,6)44-34-42(78(65,66)67)32-36(2)51(44)56(46)71-30-29-70-28-27-69-26-25-68-24-9-8-13-49(60)73-57-47(58)22-23-48(57)59/h14-21,31-34H,8-13,22-30H2,1-7H3,(H2-,61,62,63,64,65,66,67). The third kappa shape index (κ3) is 14.2. The number of carbonyl (C=O) groups is 3. The third-order valence-electron chi connectivity index (χ3n) is 13.8. The molecule has 0 aromatic heterocycles. The lowest BCUT2D eigenvalue weighted by molar-refractivity contribution is -0.777. The van der Waals surface area contributed by atoms with Crippen LogP contribution in [-0.2, 0) is 78.7 Å². The largest absolute Gasteiger partial charge is 0.691 e. The molecule has 422 valence electrons. The number of nitrogens with zero attached hydrogens (tertiary/aromatic N) is 3. The van der Waals surface area contributed by atoms with Gasteiger partial charge in [-0.3, -0.25) is 28.6 Å². The van der Waals surface area contributed by atoms with Gasteiger partial charge < -0.3 is 29.0 Å². The Labute approximate surface area is 458 Å². The van der Waals surface area contributed by atoms with Gasteiger partial charge in [-0.25, -0.2) is 9.86 Å². The molecule has 1 saturated heterocycles. The van der Waals surface area contributed by atoms with Crippen molar-refractivity contribution < 1.29 is 88.2 Å². The van der Waals surface area contributed by atoms with Gasteiger partial charge in [0.05, 0.1) is 78.3 Å². The number of hydrogen-bond acceptors (Lipinski definition) is 18. The topological polar surface area (TPSA) is 266 Å². The quantitative estimate of drug-likeness (QED) is 0.0150. The van der Waals surface area contributed by atoms with Crippen molar-refractivity contribution in [1.82, 2.24) is 5.06 Å². The van der Waals surface area contributed by atoms with E-state index in [1.165, 1.54) is 36.4 Å². The van der Waals surface area contributed by atoms with E-state index >= 15 is 0 Å². The number of hydroxylamine groups is 3. The highest BCUT2D eigenvalue weighted by atomic mass is 32.2. The fourth-order valence-electron chi connectivity index (χ4n) is 9.85. The molecular formula is C54H65N3O18S3.